The van der Waals surface area contributed by atoms with Crippen LogP contribution in [-0.2, 0) is 23.8 Å². The molecule has 0 amide bonds. The number of carbonyl (C=O) groups is 2. The molecule has 1 N–H and O–H groups in total. The minimum Gasteiger partial charge on any atom is -0.463 e. The van der Waals surface area contributed by atoms with Crippen molar-refractivity contribution in [1.29, 1.82) is 0 Å². The van der Waals surface area contributed by atoms with Crippen LogP contribution in [0.3, 0.4) is 0 Å². The fourth-order valence-electron chi connectivity index (χ4n) is 2.28. The fourth-order valence-corrected chi connectivity index (χ4v) is 2.28. The van der Waals surface area contributed by atoms with Gasteiger partial charge in [0.25, 0.3) is 0 Å². The molecule has 0 radical (unpaired) electrons. The van der Waals surface area contributed by atoms with Gasteiger partial charge in [-0.1, -0.05) is 6.92 Å². The van der Waals surface area contributed by atoms with Crippen molar-refractivity contribution >= 4 is 11.9 Å². The van der Waals surface area contributed by atoms with Crippen LogP contribution < -0.4 is 0 Å². The molecule has 0 bridgehead atoms. The molecule has 0 aromatic rings. The quantitative estimate of drug-likeness (QED) is 0.742. The Morgan fingerprint density at radius 3 is 2.47 bits per heavy atom. The Morgan fingerprint density at radius 1 is 1.26 bits per heavy atom. The van der Waals surface area contributed by atoms with Gasteiger partial charge in [-0.25, -0.2) is 0 Å². The molecule has 1 aliphatic heterocycles. The number of ether oxygens (including phenoxy) is 3. The van der Waals surface area contributed by atoms with E-state index >= 15 is 0 Å². The van der Waals surface area contributed by atoms with Gasteiger partial charge in [0.2, 0.25) is 0 Å². The average Bonchev–Trinajstić information content (AvgIpc) is 2.30. The van der Waals surface area contributed by atoms with E-state index in [-0.39, 0.29) is 31.2 Å². The molecule has 0 aliphatic carbocycles. The zero-order valence-electron chi connectivity index (χ0n) is 11.6. The molecule has 110 valence electrons. The van der Waals surface area contributed by atoms with Crippen molar-refractivity contribution in [2.75, 3.05) is 13.2 Å². The van der Waals surface area contributed by atoms with E-state index in [0.29, 0.717) is 12.8 Å². The first-order valence-corrected chi connectivity index (χ1v) is 6.51. The first kappa shape index (κ1) is 15.9. The number of rotatable bonds is 5. The lowest BCUT2D eigenvalue weighted by atomic mass is 9.89. The Balaban J connectivity index is 2.66. The van der Waals surface area contributed by atoms with Gasteiger partial charge in [0.15, 0.2) is 0 Å². The molecule has 6 nitrogen and oxygen atoms in total. The molecule has 0 aromatic carbocycles. The van der Waals surface area contributed by atoms with Crippen LogP contribution >= 0.6 is 0 Å². The molecule has 0 saturated carbocycles. The predicted molar refractivity (Wildman–Crippen MR) is 66.3 cm³/mol. The third-order valence-electron chi connectivity index (χ3n) is 3.18. The van der Waals surface area contributed by atoms with Crippen molar-refractivity contribution in [2.24, 2.45) is 5.92 Å². The Kier molecular flexibility index (Phi) is 6.24. The van der Waals surface area contributed by atoms with Crippen molar-refractivity contribution in [3.8, 4) is 0 Å². The maximum absolute atomic E-state index is 11.1. The number of esters is 2. The molecule has 1 rings (SSSR count). The summed E-state index contributed by atoms with van der Waals surface area (Å²) in [5.74, 6) is -0.609. The molecule has 1 fully saturated rings. The maximum Gasteiger partial charge on any atom is 0.302 e. The number of aliphatic hydroxyl groups excluding tert-OH is 1. The first-order valence-electron chi connectivity index (χ1n) is 6.51. The highest BCUT2D eigenvalue weighted by atomic mass is 16.6. The molecule has 1 saturated heterocycles. The molecule has 0 aromatic heterocycles. The molecular weight excluding hydrogens is 252 g/mol. The highest BCUT2D eigenvalue weighted by Gasteiger charge is 2.38. The molecule has 4 atom stereocenters. The van der Waals surface area contributed by atoms with Crippen LogP contribution in [0, 0.1) is 5.92 Å². The van der Waals surface area contributed by atoms with Crippen molar-refractivity contribution in [3.63, 3.8) is 0 Å². The Morgan fingerprint density at radius 2 is 1.95 bits per heavy atom. The summed E-state index contributed by atoms with van der Waals surface area (Å²) in [6, 6.07) is 0. The minimum atomic E-state index is -0.472. The highest BCUT2D eigenvalue weighted by Crippen LogP contribution is 2.29. The van der Waals surface area contributed by atoms with Crippen LogP contribution in [-0.4, -0.2) is 48.6 Å². The predicted octanol–water partition coefficient (Wildman–Crippen LogP) is 0.657. The maximum atomic E-state index is 11.1. The monoisotopic (exact) mass is 274 g/mol. The summed E-state index contributed by atoms with van der Waals surface area (Å²) < 4.78 is 15.9. The van der Waals surface area contributed by atoms with E-state index in [1.807, 2.05) is 6.92 Å². The first-order chi connectivity index (χ1) is 8.93. The van der Waals surface area contributed by atoms with Crippen LogP contribution in [0.25, 0.3) is 0 Å². The van der Waals surface area contributed by atoms with Gasteiger partial charge < -0.3 is 19.3 Å². The third kappa shape index (κ3) is 5.16. The SMILES string of the molecule is CC(=O)OCC1OC(CCO)C(C)CC1OC(C)=O. The van der Waals surface area contributed by atoms with Crippen LogP contribution in [0.4, 0.5) is 0 Å². The average molecular weight is 274 g/mol. The second-order valence-electron chi connectivity index (χ2n) is 4.89. The lowest BCUT2D eigenvalue weighted by molar-refractivity contribution is -0.191. The number of aliphatic hydroxyl groups is 1. The van der Waals surface area contributed by atoms with Gasteiger partial charge >= 0.3 is 11.9 Å². The van der Waals surface area contributed by atoms with Gasteiger partial charge in [0.1, 0.15) is 18.8 Å². The summed E-state index contributed by atoms with van der Waals surface area (Å²) in [5, 5.41) is 9.00. The van der Waals surface area contributed by atoms with Gasteiger partial charge in [0, 0.05) is 20.5 Å². The minimum absolute atomic E-state index is 0.0352. The summed E-state index contributed by atoms with van der Waals surface area (Å²) in [5.41, 5.74) is 0. The third-order valence-corrected chi connectivity index (χ3v) is 3.18. The molecule has 6 heteroatoms. The standard InChI is InChI=1S/C13H22O6/c1-8-6-12(18-10(3)16)13(7-17-9(2)15)19-11(8)4-5-14/h8,11-14H,4-7H2,1-3H3. The number of carbonyl (C=O) groups excluding carboxylic acids is 2. The van der Waals surface area contributed by atoms with Crippen molar-refractivity contribution in [2.45, 2.75) is 51.9 Å². The van der Waals surface area contributed by atoms with Crippen molar-refractivity contribution in [3.05, 3.63) is 0 Å². The highest BCUT2D eigenvalue weighted by molar-refractivity contribution is 5.66. The molecule has 4 unspecified atom stereocenters. The van der Waals surface area contributed by atoms with Crippen LogP contribution in [0.15, 0.2) is 0 Å². The fraction of sp³-hybridized carbons (Fsp3) is 0.846. The Hall–Kier alpha value is -1.14. The Bertz CT molecular complexity index is 316. The van der Waals surface area contributed by atoms with E-state index in [9.17, 15) is 9.59 Å². The van der Waals surface area contributed by atoms with Gasteiger partial charge in [-0.3, -0.25) is 9.59 Å². The summed E-state index contributed by atoms with van der Waals surface area (Å²) in [4.78, 5) is 21.9. The van der Waals surface area contributed by atoms with E-state index in [1.165, 1.54) is 13.8 Å². The van der Waals surface area contributed by atoms with Gasteiger partial charge in [-0.2, -0.15) is 0 Å². The second-order valence-corrected chi connectivity index (χ2v) is 4.89. The van der Waals surface area contributed by atoms with E-state index in [1.54, 1.807) is 0 Å². The smallest absolute Gasteiger partial charge is 0.302 e. The molecule has 1 aliphatic rings. The lowest BCUT2D eigenvalue weighted by Gasteiger charge is -2.39. The molecule has 19 heavy (non-hydrogen) atoms. The topological polar surface area (TPSA) is 82.1 Å². The molecular formula is C13H22O6. The van der Waals surface area contributed by atoms with Crippen LogP contribution in [0.5, 0.6) is 0 Å². The van der Waals surface area contributed by atoms with E-state index in [0.717, 1.165) is 0 Å². The van der Waals surface area contributed by atoms with Gasteiger partial charge in [-0.15, -0.1) is 0 Å². The summed E-state index contributed by atoms with van der Waals surface area (Å²) in [6.45, 7) is 4.74. The molecule has 0 spiro atoms. The van der Waals surface area contributed by atoms with E-state index in [4.69, 9.17) is 19.3 Å². The van der Waals surface area contributed by atoms with E-state index in [2.05, 4.69) is 0 Å². The summed E-state index contributed by atoms with van der Waals surface area (Å²) >= 11 is 0. The van der Waals surface area contributed by atoms with Gasteiger partial charge in [0.05, 0.1) is 6.10 Å². The Labute approximate surface area is 113 Å². The second kappa shape index (κ2) is 7.45. The van der Waals surface area contributed by atoms with Crippen LogP contribution in [0.2, 0.25) is 0 Å². The number of hydrogen-bond acceptors (Lipinski definition) is 6. The van der Waals surface area contributed by atoms with E-state index < -0.39 is 18.2 Å². The summed E-state index contributed by atoms with van der Waals surface area (Å²) in [6.07, 6.45) is 0.153. The largest absolute Gasteiger partial charge is 0.463 e. The zero-order chi connectivity index (χ0) is 14.4. The van der Waals surface area contributed by atoms with Crippen LogP contribution in [0.1, 0.15) is 33.6 Å². The summed E-state index contributed by atoms with van der Waals surface area (Å²) in [7, 11) is 0. The van der Waals surface area contributed by atoms with Crippen molar-refractivity contribution < 1.29 is 28.9 Å². The lowest BCUT2D eigenvalue weighted by Crippen LogP contribution is -2.48. The number of hydrogen-bond donors (Lipinski definition) is 1. The van der Waals surface area contributed by atoms with Crippen molar-refractivity contribution in [1.82, 2.24) is 0 Å². The van der Waals surface area contributed by atoms with Gasteiger partial charge in [-0.05, 0) is 18.8 Å². The molecule has 1 heterocycles. The zero-order valence-corrected chi connectivity index (χ0v) is 11.6. The normalized spacial score (nSPS) is 30.7.